The normalized spacial score (nSPS) is 13.9. The minimum absolute atomic E-state index is 0.261. The number of hydrogen-bond donors (Lipinski definition) is 3. The van der Waals surface area contributed by atoms with Crippen molar-refractivity contribution >= 4 is 28.6 Å². The largest absolute Gasteiger partial charge is 0.459 e. The highest BCUT2D eigenvalue weighted by Gasteiger charge is 2.14. The number of amides is 2. The summed E-state index contributed by atoms with van der Waals surface area (Å²) in [5.41, 5.74) is 0.734. The van der Waals surface area contributed by atoms with Gasteiger partial charge in [0, 0.05) is 17.0 Å². The number of aliphatic hydroxyl groups excluding tert-OH is 1. The number of urea groups is 1. The van der Waals surface area contributed by atoms with Gasteiger partial charge in [-0.25, -0.2) is 4.79 Å². The molecule has 2 amide bonds. The lowest BCUT2D eigenvalue weighted by atomic mass is 10.2. The van der Waals surface area contributed by atoms with E-state index in [0.717, 1.165) is 11.0 Å². The van der Waals surface area contributed by atoms with Crippen molar-refractivity contribution in [3.63, 3.8) is 0 Å². The zero-order valence-corrected chi connectivity index (χ0v) is 12.8. The molecule has 2 atom stereocenters. The van der Waals surface area contributed by atoms with E-state index in [2.05, 4.69) is 10.6 Å². The molecular formula is C15H19ClN2O3. The van der Waals surface area contributed by atoms with Gasteiger partial charge in [-0.3, -0.25) is 0 Å². The number of furan rings is 1. The molecule has 0 radical (unpaired) electrons. The van der Waals surface area contributed by atoms with Crippen molar-refractivity contribution < 1.29 is 14.3 Å². The molecule has 2 aromatic rings. The van der Waals surface area contributed by atoms with E-state index < -0.39 is 6.10 Å². The zero-order valence-electron chi connectivity index (χ0n) is 12.0. The van der Waals surface area contributed by atoms with Crippen molar-refractivity contribution in [2.24, 2.45) is 0 Å². The summed E-state index contributed by atoms with van der Waals surface area (Å²) in [7, 11) is 0. The van der Waals surface area contributed by atoms with Gasteiger partial charge in [-0.2, -0.15) is 0 Å². The number of fused-ring (bicyclic) bond motifs is 1. The Kier molecular flexibility index (Phi) is 5.09. The molecule has 3 N–H and O–H groups in total. The van der Waals surface area contributed by atoms with Gasteiger partial charge in [-0.1, -0.05) is 11.6 Å². The van der Waals surface area contributed by atoms with Gasteiger partial charge in [0.1, 0.15) is 11.3 Å². The highest BCUT2D eigenvalue weighted by atomic mass is 35.5. The van der Waals surface area contributed by atoms with Gasteiger partial charge in [0.05, 0.1) is 12.1 Å². The summed E-state index contributed by atoms with van der Waals surface area (Å²) in [4.78, 5) is 11.7. The van der Waals surface area contributed by atoms with Crippen molar-refractivity contribution in [2.45, 2.75) is 32.4 Å². The van der Waals surface area contributed by atoms with Crippen LogP contribution in [0.5, 0.6) is 0 Å². The first-order chi connectivity index (χ1) is 9.95. The van der Waals surface area contributed by atoms with Crippen LogP contribution in [0.1, 0.15) is 32.1 Å². The predicted molar refractivity (Wildman–Crippen MR) is 82.5 cm³/mol. The van der Waals surface area contributed by atoms with Crippen LogP contribution >= 0.6 is 11.6 Å². The number of rotatable bonds is 5. The van der Waals surface area contributed by atoms with E-state index in [1.54, 1.807) is 19.1 Å². The van der Waals surface area contributed by atoms with Gasteiger partial charge in [0.25, 0.3) is 0 Å². The van der Waals surface area contributed by atoms with Crippen LogP contribution in [-0.2, 0) is 0 Å². The molecule has 0 fully saturated rings. The Hall–Kier alpha value is -1.72. The lowest BCUT2D eigenvalue weighted by molar-refractivity contribution is 0.183. The molecule has 6 heteroatoms. The number of carbonyl (C=O) groups is 1. The Morgan fingerprint density at radius 3 is 2.86 bits per heavy atom. The maximum Gasteiger partial charge on any atom is 0.315 e. The molecule has 114 valence electrons. The van der Waals surface area contributed by atoms with Crippen LogP contribution in [0, 0.1) is 0 Å². The Balaban J connectivity index is 1.95. The summed E-state index contributed by atoms with van der Waals surface area (Å²) >= 11 is 5.93. The van der Waals surface area contributed by atoms with E-state index in [-0.39, 0.29) is 12.1 Å². The Morgan fingerprint density at radius 2 is 2.14 bits per heavy atom. The number of nitrogens with one attached hydrogen (secondary N) is 2. The first-order valence-corrected chi connectivity index (χ1v) is 7.25. The Bertz CT molecular complexity index is 624. The average Bonchev–Trinajstić information content (AvgIpc) is 2.81. The topological polar surface area (TPSA) is 74.5 Å². The van der Waals surface area contributed by atoms with E-state index >= 15 is 0 Å². The summed E-state index contributed by atoms with van der Waals surface area (Å²) in [6, 6.07) is 6.69. The molecule has 21 heavy (non-hydrogen) atoms. The van der Waals surface area contributed by atoms with Gasteiger partial charge in [0.2, 0.25) is 0 Å². The van der Waals surface area contributed by atoms with Crippen LogP contribution in [0.3, 0.4) is 0 Å². The predicted octanol–water partition coefficient (Wildman–Crippen LogP) is 3.22. The zero-order chi connectivity index (χ0) is 15.4. The highest BCUT2D eigenvalue weighted by Crippen LogP contribution is 2.26. The molecule has 5 nitrogen and oxygen atoms in total. The standard InChI is InChI=1S/C15H19ClN2O3/c1-9(19)5-6-17-15(20)18-10(2)14-8-11-7-12(16)3-4-13(11)21-14/h3-4,7-10,19H,5-6H2,1-2H3,(H2,17,18,20). The first-order valence-electron chi connectivity index (χ1n) is 6.87. The van der Waals surface area contributed by atoms with Gasteiger partial charge in [-0.05, 0) is 44.5 Å². The molecule has 0 aliphatic carbocycles. The van der Waals surface area contributed by atoms with Crippen molar-refractivity contribution in [2.75, 3.05) is 6.54 Å². The molecular weight excluding hydrogens is 292 g/mol. The Labute approximate surface area is 128 Å². The van der Waals surface area contributed by atoms with Crippen molar-refractivity contribution in [3.8, 4) is 0 Å². The van der Waals surface area contributed by atoms with Crippen LogP contribution in [0.15, 0.2) is 28.7 Å². The van der Waals surface area contributed by atoms with E-state index in [9.17, 15) is 4.79 Å². The fraction of sp³-hybridized carbons (Fsp3) is 0.400. The quantitative estimate of drug-likeness (QED) is 0.794. The number of benzene rings is 1. The minimum atomic E-state index is -0.428. The summed E-state index contributed by atoms with van der Waals surface area (Å²) in [5, 5.41) is 16.2. The molecule has 0 bridgehead atoms. The van der Waals surface area contributed by atoms with Crippen LogP contribution in [-0.4, -0.2) is 23.8 Å². The van der Waals surface area contributed by atoms with Crippen molar-refractivity contribution in [1.82, 2.24) is 10.6 Å². The third kappa shape index (κ3) is 4.37. The molecule has 0 aliphatic heterocycles. The van der Waals surface area contributed by atoms with E-state index in [4.69, 9.17) is 21.1 Å². The van der Waals surface area contributed by atoms with Gasteiger partial charge in [0.15, 0.2) is 0 Å². The van der Waals surface area contributed by atoms with Crippen molar-refractivity contribution in [3.05, 3.63) is 35.0 Å². The van der Waals surface area contributed by atoms with Crippen LogP contribution in [0.2, 0.25) is 5.02 Å². The van der Waals surface area contributed by atoms with Gasteiger partial charge >= 0.3 is 6.03 Å². The van der Waals surface area contributed by atoms with E-state index in [0.29, 0.717) is 23.7 Å². The second kappa shape index (κ2) is 6.83. The SMILES string of the molecule is CC(O)CCNC(=O)NC(C)c1cc2cc(Cl)ccc2o1. The molecule has 1 heterocycles. The molecule has 1 aromatic heterocycles. The summed E-state index contributed by atoms with van der Waals surface area (Å²) in [6.45, 7) is 3.95. The van der Waals surface area contributed by atoms with Crippen LogP contribution in [0.4, 0.5) is 4.79 Å². The smallest absolute Gasteiger partial charge is 0.315 e. The molecule has 2 unspecified atom stereocenters. The molecule has 2 rings (SSSR count). The highest BCUT2D eigenvalue weighted by molar-refractivity contribution is 6.31. The molecule has 0 spiro atoms. The maximum atomic E-state index is 11.7. The summed E-state index contributed by atoms with van der Waals surface area (Å²) < 4.78 is 5.69. The van der Waals surface area contributed by atoms with Crippen LogP contribution < -0.4 is 10.6 Å². The molecule has 1 aromatic carbocycles. The van der Waals surface area contributed by atoms with E-state index in [1.165, 1.54) is 0 Å². The first kappa shape index (κ1) is 15.7. The molecule has 0 saturated carbocycles. The Morgan fingerprint density at radius 1 is 1.38 bits per heavy atom. The lowest BCUT2D eigenvalue weighted by Crippen LogP contribution is -2.38. The minimum Gasteiger partial charge on any atom is -0.459 e. The maximum absolute atomic E-state index is 11.7. The molecule has 0 saturated heterocycles. The van der Waals surface area contributed by atoms with Gasteiger partial charge in [-0.15, -0.1) is 0 Å². The number of carbonyl (C=O) groups excluding carboxylic acids is 1. The second-order valence-electron chi connectivity index (χ2n) is 5.09. The lowest BCUT2D eigenvalue weighted by Gasteiger charge is -2.12. The van der Waals surface area contributed by atoms with E-state index in [1.807, 2.05) is 19.1 Å². The number of hydrogen-bond acceptors (Lipinski definition) is 3. The third-order valence-electron chi connectivity index (χ3n) is 3.12. The number of halogens is 1. The third-order valence-corrected chi connectivity index (χ3v) is 3.35. The summed E-state index contributed by atoms with van der Waals surface area (Å²) in [6.07, 6.45) is 0.0909. The van der Waals surface area contributed by atoms with Gasteiger partial charge < -0.3 is 20.2 Å². The average molecular weight is 311 g/mol. The fourth-order valence-electron chi connectivity index (χ4n) is 1.96. The van der Waals surface area contributed by atoms with Crippen LogP contribution in [0.25, 0.3) is 11.0 Å². The fourth-order valence-corrected chi connectivity index (χ4v) is 2.14. The molecule has 0 aliphatic rings. The second-order valence-corrected chi connectivity index (χ2v) is 5.53. The summed E-state index contributed by atoms with van der Waals surface area (Å²) in [5.74, 6) is 0.665. The number of aliphatic hydroxyl groups is 1. The van der Waals surface area contributed by atoms with Crippen molar-refractivity contribution in [1.29, 1.82) is 0 Å². The monoisotopic (exact) mass is 310 g/mol.